The fourth-order valence-corrected chi connectivity index (χ4v) is 2.16. The summed E-state index contributed by atoms with van der Waals surface area (Å²) >= 11 is 0. The molecule has 6 nitrogen and oxygen atoms in total. The van der Waals surface area contributed by atoms with Crippen LogP contribution in [0.15, 0.2) is 41.4 Å². The molecule has 0 aliphatic carbocycles. The maximum absolute atomic E-state index is 12.8. The molecule has 0 fully saturated rings. The Morgan fingerprint density at radius 3 is 2.61 bits per heavy atom. The van der Waals surface area contributed by atoms with Crippen molar-refractivity contribution in [2.75, 3.05) is 10.5 Å². The third kappa shape index (κ3) is 2.72. The highest BCUT2D eigenvalue weighted by Crippen LogP contribution is 2.14. The van der Waals surface area contributed by atoms with Gasteiger partial charge in [0.05, 0.1) is 0 Å². The lowest BCUT2D eigenvalue weighted by Gasteiger charge is -2.06. The molecule has 2 rings (SSSR count). The van der Waals surface area contributed by atoms with Crippen molar-refractivity contribution < 1.29 is 12.8 Å². The lowest BCUT2D eigenvalue weighted by atomic mass is 10.5. The topological polar surface area (TPSA) is 98.0 Å². The molecule has 3 N–H and O–H groups in total. The van der Waals surface area contributed by atoms with Crippen LogP contribution in [0.4, 0.5) is 16.0 Å². The average Bonchev–Trinajstić information content (AvgIpc) is 2.29. The van der Waals surface area contributed by atoms with Gasteiger partial charge in [0.25, 0.3) is 10.0 Å². The van der Waals surface area contributed by atoms with E-state index in [9.17, 15) is 12.8 Å². The highest BCUT2D eigenvalue weighted by Gasteiger charge is 2.15. The Morgan fingerprint density at radius 1 is 1.22 bits per heavy atom. The summed E-state index contributed by atoms with van der Waals surface area (Å²) in [6, 6.07) is 6.45. The van der Waals surface area contributed by atoms with Crippen molar-refractivity contribution in [1.29, 1.82) is 0 Å². The average molecular weight is 268 g/mol. The zero-order valence-corrected chi connectivity index (χ0v) is 9.86. The second kappa shape index (κ2) is 4.57. The molecule has 0 spiro atoms. The summed E-state index contributed by atoms with van der Waals surface area (Å²) in [5.74, 6) is -0.671. The molecule has 0 aromatic carbocycles. The number of sulfonamides is 1. The summed E-state index contributed by atoms with van der Waals surface area (Å²) in [5, 5.41) is 0. The van der Waals surface area contributed by atoms with Gasteiger partial charge in [0.15, 0.2) is 0 Å². The lowest BCUT2D eigenvalue weighted by Crippen LogP contribution is -2.14. The molecule has 2 aromatic heterocycles. The molecular weight excluding hydrogens is 259 g/mol. The van der Waals surface area contributed by atoms with Gasteiger partial charge in [-0.15, -0.1) is 0 Å². The summed E-state index contributed by atoms with van der Waals surface area (Å²) in [4.78, 5) is 6.99. The van der Waals surface area contributed by atoms with E-state index in [4.69, 9.17) is 5.73 Å². The summed E-state index contributed by atoms with van der Waals surface area (Å²) in [5.41, 5.74) is 5.35. The number of hydrogen-bond acceptors (Lipinski definition) is 5. The van der Waals surface area contributed by atoms with Gasteiger partial charge in [0, 0.05) is 6.20 Å². The molecular formula is C10H9FN4O2S. The number of nitrogen functional groups attached to an aromatic ring is 1. The van der Waals surface area contributed by atoms with Gasteiger partial charge in [-0.05, 0) is 24.3 Å². The number of halogens is 1. The van der Waals surface area contributed by atoms with Crippen LogP contribution < -0.4 is 10.5 Å². The molecule has 18 heavy (non-hydrogen) atoms. The van der Waals surface area contributed by atoms with Gasteiger partial charge < -0.3 is 5.73 Å². The molecule has 0 radical (unpaired) electrons. The van der Waals surface area contributed by atoms with E-state index in [-0.39, 0.29) is 16.5 Å². The SMILES string of the molecule is Nc1ccc(S(=O)(=O)Nc2cccc(F)n2)cn1. The van der Waals surface area contributed by atoms with Gasteiger partial charge in [-0.1, -0.05) is 6.07 Å². The number of nitrogens with zero attached hydrogens (tertiary/aromatic N) is 2. The molecule has 0 saturated heterocycles. The van der Waals surface area contributed by atoms with E-state index >= 15 is 0 Å². The Morgan fingerprint density at radius 2 is 2.00 bits per heavy atom. The van der Waals surface area contributed by atoms with Crippen LogP contribution in [0.25, 0.3) is 0 Å². The van der Waals surface area contributed by atoms with E-state index < -0.39 is 16.0 Å². The fraction of sp³-hybridized carbons (Fsp3) is 0. The maximum Gasteiger partial charge on any atom is 0.264 e. The fourth-order valence-electron chi connectivity index (χ4n) is 1.21. The van der Waals surface area contributed by atoms with Gasteiger partial charge in [-0.3, -0.25) is 4.72 Å². The summed E-state index contributed by atoms with van der Waals surface area (Å²) in [7, 11) is -3.84. The Hall–Kier alpha value is -2.22. The first-order valence-electron chi connectivity index (χ1n) is 4.84. The van der Waals surface area contributed by atoms with E-state index in [1.807, 2.05) is 0 Å². The van der Waals surface area contributed by atoms with E-state index in [0.29, 0.717) is 0 Å². The van der Waals surface area contributed by atoms with Gasteiger partial charge >= 0.3 is 0 Å². The Balaban J connectivity index is 2.30. The third-order valence-corrected chi connectivity index (χ3v) is 3.36. The quantitative estimate of drug-likeness (QED) is 0.809. The summed E-state index contributed by atoms with van der Waals surface area (Å²) in [6.45, 7) is 0. The molecule has 0 aliphatic rings. The molecule has 2 heterocycles. The predicted molar refractivity (Wildman–Crippen MR) is 63.7 cm³/mol. The number of nitrogens with one attached hydrogen (secondary N) is 1. The minimum Gasteiger partial charge on any atom is -0.384 e. The van der Waals surface area contributed by atoms with Crippen LogP contribution in [0.1, 0.15) is 0 Å². The van der Waals surface area contributed by atoms with Gasteiger partial charge in [0.1, 0.15) is 16.5 Å². The first-order chi connectivity index (χ1) is 8.47. The van der Waals surface area contributed by atoms with E-state index in [2.05, 4.69) is 14.7 Å². The van der Waals surface area contributed by atoms with E-state index in [1.165, 1.54) is 24.3 Å². The first-order valence-corrected chi connectivity index (χ1v) is 6.32. The smallest absolute Gasteiger partial charge is 0.264 e. The predicted octanol–water partition coefficient (Wildman–Crippen LogP) is 0.999. The number of aromatic nitrogens is 2. The zero-order chi connectivity index (χ0) is 13.2. The number of rotatable bonds is 3. The normalized spacial score (nSPS) is 11.2. The largest absolute Gasteiger partial charge is 0.384 e. The molecule has 0 saturated carbocycles. The standard InChI is InChI=1S/C10H9FN4O2S/c11-8-2-1-3-10(14-8)15-18(16,17)7-4-5-9(12)13-6-7/h1-6H,(H2,12,13)(H,14,15). The van der Waals surface area contributed by atoms with Crippen LogP contribution in [0.5, 0.6) is 0 Å². The second-order valence-corrected chi connectivity index (χ2v) is 5.05. The Kier molecular flexibility index (Phi) is 3.11. The van der Waals surface area contributed by atoms with Crippen molar-refractivity contribution in [1.82, 2.24) is 9.97 Å². The second-order valence-electron chi connectivity index (χ2n) is 3.37. The molecule has 94 valence electrons. The minimum absolute atomic E-state index is 0.0808. The van der Waals surface area contributed by atoms with Crippen molar-refractivity contribution in [3.8, 4) is 0 Å². The number of pyridine rings is 2. The number of anilines is 2. The molecule has 0 bridgehead atoms. The van der Waals surface area contributed by atoms with Crippen molar-refractivity contribution in [2.45, 2.75) is 4.90 Å². The van der Waals surface area contributed by atoms with Crippen molar-refractivity contribution >= 4 is 21.7 Å². The molecule has 0 unspecified atom stereocenters. The molecule has 0 amide bonds. The van der Waals surface area contributed by atoms with Crippen LogP contribution >= 0.6 is 0 Å². The molecule has 0 atom stereocenters. The third-order valence-electron chi connectivity index (χ3n) is 2.02. The van der Waals surface area contributed by atoms with Crippen molar-refractivity contribution in [2.24, 2.45) is 0 Å². The van der Waals surface area contributed by atoms with E-state index in [0.717, 1.165) is 12.3 Å². The summed E-state index contributed by atoms with van der Waals surface area (Å²) < 4.78 is 38.7. The van der Waals surface area contributed by atoms with Crippen LogP contribution in [0, 0.1) is 5.95 Å². The monoisotopic (exact) mass is 268 g/mol. The number of nitrogens with two attached hydrogens (primary N) is 1. The maximum atomic E-state index is 12.8. The van der Waals surface area contributed by atoms with Crippen LogP contribution in [0.2, 0.25) is 0 Å². The first kappa shape index (κ1) is 12.2. The number of hydrogen-bond donors (Lipinski definition) is 2. The minimum atomic E-state index is -3.84. The van der Waals surface area contributed by atoms with Gasteiger partial charge in [0.2, 0.25) is 5.95 Å². The zero-order valence-electron chi connectivity index (χ0n) is 9.04. The van der Waals surface area contributed by atoms with Crippen molar-refractivity contribution in [3.05, 3.63) is 42.5 Å². The molecule has 0 aliphatic heterocycles. The van der Waals surface area contributed by atoms with Crippen LogP contribution in [-0.4, -0.2) is 18.4 Å². The highest BCUT2D eigenvalue weighted by atomic mass is 32.2. The lowest BCUT2D eigenvalue weighted by molar-refractivity contribution is 0.584. The Labute approximate surface area is 103 Å². The van der Waals surface area contributed by atoms with Crippen molar-refractivity contribution in [3.63, 3.8) is 0 Å². The highest BCUT2D eigenvalue weighted by molar-refractivity contribution is 7.92. The molecule has 8 heteroatoms. The van der Waals surface area contributed by atoms with Gasteiger partial charge in [-0.25, -0.2) is 18.4 Å². The van der Waals surface area contributed by atoms with Crippen LogP contribution in [-0.2, 0) is 10.0 Å². The summed E-state index contributed by atoms with van der Waals surface area (Å²) in [6.07, 6.45) is 1.11. The Bertz CT molecular complexity index is 658. The van der Waals surface area contributed by atoms with Crippen LogP contribution in [0.3, 0.4) is 0 Å². The van der Waals surface area contributed by atoms with Gasteiger partial charge in [-0.2, -0.15) is 4.39 Å². The molecule has 2 aromatic rings. The van der Waals surface area contributed by atoms with E-state index in [1.54, 1.807) is 0 Å².